The second-order valence-electron chi connectivity index (χ2n) is 6.07. The molecule has 0 aliphatic carbocycles. The second kappa shape index (κ2) is 10.4. The van der Waals surface area contributed by atoms with E-state index in [0.717, 1.165) is 39.3 Å². The quantitative estimate of drug-likeness (QED) is 0.402. The van der Waals surface area contributed by atoms with E-state index in [1.165, 1.54) is 23.9 Å². The first-order valence-electron chi connectivity index (χ1n) is 9.52. The van der Waals surface area contributed by atoms with Crippen LogP contribution in [-0.4, -0.2) is 49.2 Å². The van der Waals surface area contributed by atoms with Gasteiger partial charge in [-0.1, -0.05) is 0 Å². The number of hydrogen-bond acceptors (Lipinski definition) is 4. The Hall–Kier alpha value is 0.580. The van der Waals surface area contributed by atoms with Gasteiger partial charge in [-0.05, 0) is 0 Å². The third-order valence-corrected chi connectivity index (χ3v) is 28.8. The first-order valence-corrected chi connectivity index (χ1v) is 18.0. The molecule has 0 aromatic rings. The molecule has 4 nitrogen and oxygen atoms in total. The molecule has 0 aromatic heterocycles. The molecule has 5 heteroatoms. The predicted octanol–water partition coefficient (Wildman–Crippen LogP) is 3.93. The van der Waals surface area contributed by atoms with E-state index in [1.807, 2.05) is 0 Å². The molecule has 0 saturated carbocycles. The number of hydrogen-bond donors (Lipinski definition) is 1. The summed E-state index contributed by atoms with van der Waals surface area (Å²) in [6, 6.07) is 0. The molecule has 2 N–H and O–H groups in total. The van der Waals surface area contributed by atoms with E-state index in [4.69, 9.17) is 4.14 Å². The number of nitrogens with two attached hydrogens (primary N) is 1. The van der Waals surface area contributed by atoms with Crippen LogP contribution in [0, 0.1) is 0 Å². The molecule has 0 radical (unpaired) electrons. The summed E-state index contributed by atoms with van der Waals surface area (Å²) in [5.41, 5.74) is 0. The van der Waals surface area contributed by atoms with Crippen LogP contribution in [0.1, 0.15) is 67.7 Å². The van der Waals surface area contributed by atoms with Gasteiger partial charge in [0.25, 0.3) is 0 Å². The van der Waals surface area contributed by atoms with Gasteiger partial charge in [0.1, 0.15) is 0 Å². The normalized spacial score (nSPS) is 14.8. The van der Waals surface area contributed by atoms with Crippen molar-refractivity contribution in [3.05, 3.63) is 0 Å². The molecular weight excluding hydrogens is 441 g/mol. The van der Waals surface area contributed by atoms with Crippen LogP contribution in [0.2, 0.25) is 4.64 Å². The number of unbranched alkanes of at least 4 members (excludes halogenated alkanes) is 2. The van der Waals surface area contributed by atoms with Crippen molar-refractivity contribution < 1.29 is 16.9 Å². The molecule has 0 amide bonds. The van der Waals surface area contributed by atoms with Crippen molar-refractivity contribution >= 4 is 0 Å². The molecule has 0 fully saturated rings. The van der Waals surface area contributed by atoms with E-state index in [9.17, 15) is 0 Å². The Morgan fingerprint density at radius 1 is 0.591 bits per heavy atom. The summed E-state index contributed by atoms with van der Waals surface area (Å²) in [6.45, 7) is 22.4. The van der Waals surface area contributed by atoms with Crippen LogP contribution in [0.4, 0.5) is 0 Å². The maximum absolute atomic E-state index is 7.65. The average molecular weight is 485 g/mol. The molecule has 0 atom stereocenters. The molecule has 0 unspecified atom stereocenters. The fraction of sp³-hybridized carbons (Fsp3) is 1.00. The van der Waals surface area contributed by atoms with Crippen LogP contribution < -0.4 is 4.14 Å². The molecule has 0 saturated heterocycles. The van der Waals surface area contributed by atoms with Gasteiger partial charge in [-0.3, -0.25) is 0 Å². The number of rotatable bonds is 13. The van der Waals surface area contributed by atoms with E-state index < -0.39 is 16.9 Å². The zero-order chi connectivity index (χ0) is 17.3. The van der Waals surface area contributed by atoms with Crippen molar-refractivity contribution in [3.63, 3.8) is 0 Å². The zero-order valence-corrected chi connectivity index (χ0v) is 19.7. The summed E-state index contributed by atoms with van der Waals surface area (Å²) in [6.07, 6.45) is 3.83. The van der Waals surface area contributed by atoms with E-state index >= 15 is 0 Å². The van der Waals surface area contributed by atoms with Crippen LogP contribution in [0.25, 0.3) is 0 Å². The van der Waals surface area contributed by atoms with Gasteiger partial charge in [0, 0.05) is 0 Å². The molecule has 0 heterocycles. The van der Waals surface area contributed by atoms with Crippen LogP contribution >= 0.6 is 0 Å². The van der Waals surface area contributed by atoms with Crippen LogP contribution in [0.3, 0.4) is 0 Å². The molecule has 22 heavy (non-hydrogen) atoms. The first kappa shape index (κ1) is 22.6. The van der Waals surface area contributed by atoms with E-state index in [1.54, 1.807) is 0 Å². The Balaban J connectivity index is 6.09. The van der Waals surface area contributed by atoms with Crippen molar-refractivity contribution in [1.82, 2.24) is 9.91 Å². The van der Waals surface area contributed by atoms with Gasteiger partial charge < -0.3 is 0 Å². The van der Waals surface area contributed by atoms with Gasteiger partial charge in [-0.2, -0.15) is 0 Å². The second-order valence-corrected chi connectivity index (χ2v) is 22.6. The first-order chi connectivity index (χ1) is 10.4. The average Bonchev–Trinajstić information content (AvgIpc) is 2.51. The SMILES string of the molecule is CCCC[CH2][Ta]([NH2])([N](CC)CC)([N](CC)CC)[N](CC)CC. The van der Waals surface area contributed by atoms with Gasteiger partial charge in [-0.15, -0.1) is 0 Å². The van der Waals surface area contributed by atoms with Gasteiger partial charge >= 0.3 is 143 Å². The Bertz CT molecular complexity index is 252. The van der Waals surface area contributed by atoms with Gasteiger partial charge in [-0.25, -0.2) is 0 Å². The summed E-state index contributed by atoms with van der Waals surface area (Å²) < 4.78 is 17.0. The monoisotopic (exact) mass is 484 g/mol. The maximum atomic E-state index is 7.65. The van der Waals surface area contributed by atoms with Crippen molar-refractivity contribution in [1.29, 1.82) is 0 Å². The van der Waals surface area contributed by atoms with E-state index in [0.29, 0.717) is 0 Å². The molecule has 0 aromatic carbocycles. The standard InChI is InChI=1S/C5H11.3C4H10N.H2N.Ta/c4*1-3-5-4-2;;/h1,3-5H2,2H3;3*3-4H2,1-2H3;1H2;/q;4*-1;+4. The molecule has 0 rings (SSSR count). The van der Waals surface area contributed by atoms with Crippen molar-refractivity contribution in [2.45, 2.75) is 72.4 Å². The van der Waals surface area contributed by atoms with Crippen molar-refractivity contribution in [2.24, 2.45) is 4.14 Å². The Morgan fingerprint density at radius 2 is 0.909 bits per heavy atom. The minimum absolute atomic E-state index is 1.07. The van der Waals surface area contributed by atoms with Gasteiger partial charge in [0.2, 0.25) is 0 Å². The van der Waals surface area contributed by atoms with Crippen LogP contribution in [0.15, 0.2) is 0 Å². The molecule has 136 valence electrons. The molecule has 0 spiro atoms. The third-order valence-electron chi connectivity index (χ3n) is 5.23. The van der Waals surface area contributed by atoms with Gasteiger partial charge in [0.15, 0.2) is 0 Å². The molecule has 0 bridgehead atoms. The summed E-state index contributed by atoms with van der Waals surface area (Å²) in [5, 5.41) is 0. The Morgan fingerprint density at radius 3 is 1.14 bits per heavy atom. The van der Waals surface area contributed by atoms with Crippen LogP contribution in [0.5, 0.6) is 0 Å². The summed E-state index contributed by atoms with van der Waals surface area (Å²) in [7, 11) is 0. The molecule has 0 aliphatic rings. The summed E-state index contributed by atoms with van der Waals surface area (Å²) >= 11 is -3.90. The third kappa shape index (κ3) is 4.15. The Kier molecular flexibility index (Phi) is 10.7. The molecule has 0 aliphatic heterocycles. The van der Waals surface area contributed by atoms with E-state index in [2.05, 4.69) is 58.4 Å². The minimum atomic E-state index is -3.90. The van der Waals surface area contributed by atoms with E-state index in [-0.39, 0.29) is 0 Å². The topological polar surface area (TPSA) is 35.7 Å². The predicted molar refractivity (Wildman–Crippen MR) is 97.3 cm³/mol. The Labute approximate surface area is 142 Å². The molecular formula is C17H43N4Ta. The zero-order valence-electron chi connectivity index (χ0n) is 16.4. The fourth-order valence-corrected chi connectivity index (χ4v) is 27.3. The van der Waals surface area contributed by atoms with Gasteiger partial charge in [0.05, 0.1) is 0 Å². The number of nitrogens with zero attached hydrogens (tertiary/aromatic N) is 3. The fourth-order valence-electron chi connectivity index (χ4n) is 4.15. The summed E-state index contributed by atoms with van der Waals surface area (Å²) in [4.78, 5) is 0. The van der Waals surface area contributed by atoms with Crippen molar-refractivity contribution in [2.75, 3.05) is 39.3 Å². The van der Waals surface area contributed by atoms with Crippen molar-refractivity contribution in [3.8, 4) is 0 Å². The summed E-state index contributed by atoms with van der Waals surface area (Å²) in [5.74, 6) is 0. The van der Waals surface area contributed by atoms with Crippen LogP contribution in [-0.2, 0) is 16.9 Å².